The Morgan fingerprint density at radius 3 is 3.07 bits per heavy atom. The molecule has 4 heteroatoms. The molecule has 2 heterocycles. The van der Waals surface area contributed by atoms with Gasteiger partial charge in [-0.15, -0.1) is 0 Å². The Hall–Kier alpha value is -1.58. The first kappa shape index (κ1) is 8.71. The fraction of sp³-hybridized carbons (Fsp3) is 0.455. The number of nitrogens with one attached hydrogen (secondary N) is 1. The topological polar surface area (TPSA) is 58.9 Å². The fourth-order valence-electron chi connectivity index (χ4n) is 2.35. The Bertz CT molecular complexity index is 553. The molecule has 0 fully saturated rings. The number of hydrogen-bond acceptors (Lipinski definition) is 3. The first-order valence-corrected chi connectivity index (χ1v) is 5.33. The molecule has 1 aliphatic rings. The molecule has 0 bridgehead atoms. The Morgan fingerprint density at radius 2 is 2.13 bits per heavy atom. The van der Waals surface area contributed by atoms with Crippen molar-refractivity contribution >= 4 is 11.0 Å². The van der Waals surface area contributed by atoms with E-state index in [0.717, 1.165) is 24.8 Å². The predicted octanol–water partition coefficient (Wildman–Crippen LogP) is 1.78. The molecule has 1 N–H and O–H groups in total. The molecule has 3 rings (SSSR count). The monoisotopic (exact) mass is 204 g/mol. The molecule has 1 aliphatic carbocycles. The van der Waals surface area contributed by atoms with Crippen LogP contribution in [0.25, 0.3) is 11.0 Å². The van der Waals surface area contributed by atoms with E-state index >= 15 is 0 Å². The number of hydrogen-bond donors (Lipinski definition) is 1. The van der Waals surface area contributed by atoms with Crippen molar-refractivity contribution in [3.63, 3.8) is 0 Å². The molecule has 0 saturated carbocycles. The SMILES string of the molecule is O=c1ocnc2[nH]c3c(c12)CCCCC3. The third kappa shape index (κ3) is 1.28. The Kier molecular flexibility index (Phi) is 1.87. The maximum absolute atomic E-state index is 11.6. The highest BCUT2D eigenvalue weighted by Crippen LogP contribution is 2.24. The van der Waals surface area contributed by atoms with Crippen LogP contribution in [0.15, 0.2) is 15.6 Å². The number of nitrogens with zero attached hydrogens (tertiary/aromatic N) is 1. The van der Waals surface area contributed by atoms with E-state index in [0.29, 0.717) is 11.0 Å². The number of fused-ring (bicyclic) bond motifs is 3. The highest BCUT2D eigenvalue weighted by molar-refractivity contribution is 5.79. The van der Waals surface area contributed by atoms with Gasteiger partial charge < -0.3 is 9.40 Å². The highest BCUT2D eigenvalue weighted by atomic mass is 16.4. The van der Waals surface area contributed by atoms with E-state index < -0.39 is 0 Å². The van der Waals surface area contributed by atoms with Crippen LogP contribution in [-0.2, 0) is 12.8 Å². The van der Waals surface area contributed by atoms with Crippen LogP contribution in [0.4, 0.5) is 0 Å². The van der Waals surface area contributed by atoms with E-state index in [-0.39, 0.29) is 5.63 Å². The van der Waals surface area contributed by atoms with Crippen molar-refractivity contribution in [2.75, 3.05) is 0 Å². The van der Waals surface area contributed by atoms with Gasteiger partial charge in [-0.1, -0.05) is 6.42 Å². The minimum absolute atomic E-state index is 0.264. The molecule has 78 valence electrons. The summed E-state index contributed by atoms with van der Waals surface area (Å²) in [4.78, 5) is 18.9. The average molecular weight is 204 g/mol. The molecule has 0 radical (unpaired) electrons. The zero-order valence-electron chi connectivity index (χ0n) is 8.38. The van der Waals surface area contributed by atoms with Crippen molar-refractivity contribution in [1.82, 2.24) is 9.97 Å². The summed E-state index contributed by atoms with van der Waals surface area (Å²) in [5, 5.41) is 0.661. The molecule has 0 aromatic carbocycles. The van der Waals surface area contributed by atoms with Crippen LogP contribution in [0.2, 0.25) is 0 Å². The summed E-state index contributed by atoms with van der Waals surface area (Å²) in [5.41, 5.74) is 2.72. The van der Waals surface area contributed by atoms with Crippen LogP contribution in [0.5, 0.6) is 0 Å². The first-order valence-electron chi connectivity index (χ1n) is 5.33. The van der Waals surface area contributed by atoms with E-state index in [2.05, 4.69) is 9.97 Å². The molecule has 0 spiro atoms. The summed E-state index contributed by atoms with van der Waals surface area (Å²) in [6, 6.07) is 0. The van der Waals surface area contributed by atoms with Crippen molar-refractivity contribution < 1.29 is 4.42 Å². The van der Waals surface area contributed by atoms with Gasteiger partial charge in [-0.05, 0) is 31.2 Å². The molecule has 0 saturated heterocycles. The second-order valence-electron chi connectivity index (χ2n) is 4.01. The molecule has 2 aromatic rings. The average Bonchev–Trinajstić information content (AvgIpc) is 2.43. The van der Waals surface area contributed by atoms with Crippen LogP contribution in [0.1, 0.15) is 30.5 Å². The smallest absolute Gasteiger partial charge is 0.348 e. The van der Waals surface area contributed by atoms with Gasteiger partial charge in [0.15, 0.2) is 6.39 Å². The molecule has 15 heavy (non-hydrogen) atoms. The minimum Gasteiger partial charge on any atom is -0.411 e. The van der Waals surface area contributed by atoms with Crippen LogP contribution in [0.3, 0.4) is 0 Å². The summed E-state index contributed by atoms with van der Waals surface area (Å²) in [5.74, 6) is 0. The molecule has 0 atom stereocenters. The van der Waals surface area contributed by atoms with Gasteiger partial charge in [0.05, 0.1) is 0 Å². The number of H-pyrrole nitrogens is 1. The standard InChI is InChI=1S/C11H12N2O2/c14-11-9-7-4-2-1-3-5-8(7)13-10(9)12-6-15-11/h6,13H,1-5H2. The molecule has 0 amide bonds. The first-order chi connectivity index (χ1) is 7.36. The van der Waals surface area contributed by atoms with Crippen molar-refractivity contribution in [3.05, 3.63) is 28.1 Å². The van der Waals surface area contributed by atoms with Crippen LogP contribution >= 0.6 is 0 Å². The summed E-state index contributed by atoms with van der Waals surface area (Å²) in [6.07, 6.45) is 6.76. The van der Waals surface area contributed by atoms with E-state index in [1.54, 1.807) is 0 Å². The zero-order valence-corrected chi connectivity index (χ0v) is 8.38. The molecule has 2 aromatic heterocycles. The second kappa shape index (κ2) is 3.22. The molecule has 0 aliphatic heterocycles. The number of rotatable bonds is 0. The van der Waals surface area contributed by atoms with Gasteiger partial charge in [0, 0.05) is 5.69 Å². The van der Waals surface area contributed by atoms with E-state index in [9.17, 15) is 4.79 Å². The van der Waals surface area contributed by atoms with E-state index in [1.165, 1.54) is 24.9 Å². The lowest BCUT2D eigenvalue weighted by Crippen LogP contribution is -2.01. The van der Waals surface area contributed by atoms with Gasteiger partial charge in [-0.3, -0.25) is 0 Å². The molecule has 0 unspecified atom stereocenters. The maximum atomic E-state index is 11.6. The number of aromatic nitrogens is 2. The van der Waals surface area contributed by atoms with Crippen LogP contribution < -0.4 is 5.63 Å². The fourth-order valence-corrected chi connectivity index (χ4v) is 2.35. The van der Waals surface area contributed by atoms with Crippen LogP contribution in [-0.4, -0.2) is 9.97 Å². The molecular formula is C11H12N2O2. The summed E-state index contributed by atoms with van der Waals surface area (Å²) < 4.78 is 4.82. The Labute approximate surface area is 86.3 Å². The summed E-state index contributed by atoms with van der Waals surface area (Å²) in [6.45, 7) is 0. The van der Waals surface area contributed by atoms with Gasteiger partial charge in [0.1, 0.15) is 11.0 Å². The van der Waals surface area contributed by atoms with Crippen molar-refractivity contribution in [3.8, 4) is 0 Å². The van der Waals surface area contributed by atoms with E-state index in [4.69, 9.17) is 4.42 Å². The van der Waals surface area contributed by atoms with Gasteiger partial charge in [-0.25, -0.2) is 9.78 Å². The van der Waals surface area contributed by atoms with E-state index in [1.807, 2.05) is 0 Å². The maximum Gasteiger partial charge on any atom is 0.348 e. The quantitative estimate of drug-likeness (QED) is 0.665. The lowest BCUT2D eigenvalue weighted by atomic mass is 10.1. The van der Waals surface area contributed by atoms with Crippen LogP contribution in [0, 0.1) is 0 Å². The van der Waals surface area contributed by atoms with Crippen molar-refractivity contribution in [2.24, 2.45) is 0 Å². The summed E-state index contributed by atoms with van der Waals surface area (Å²) >= 11 is 0. The lowest BCUT2D eigenvalue weighted by Gasteiger charge is -1.95. The van der Waals surface area contributed by atoms with Crippen molar-refractivity contribution in [2.45, 2.75) is 32.1 Å². The van der Waals surface area contributed by atoms with Gasteiger partial charge >= 0.3 is 5.63 Å². The largest absolute Gasteiger partial charge is 0.411 e. The predicted molar refractivity (Wildman–Crippen MR) is 55.9 cm³/mol. The normalized spacial score (nSPS) is 16.3. The van der Waals surface area contributed by atoms with Gasteiger partial charge in [0.25, 0.3) is 0 Å². The summed E-state index contributed by atoms with van der Waals surface area (Å²) in [7, 11) is 0. The lowest BCUT2D eigenvalue weighted by molar-refractivity contribution is 0.500. The molecular weight excluding hydrogens is 192 g/mol. The third-order valence-electron chi connectivity index (χ3n) is 3.07. The Balaban J connectivity index is 2.34. The number of aryl methyl sites for hydroxylation is 2. The van der Waals surface area contributed by atoms with Gasteiger partial charge in [0.2, 0.25) is 0 Å². The Morgan fingerprint density at radius 1 is 1.27 bits per heavy atom. The minimum atomic E-state index is -0.264. The highest BCUT2D eigenvalue weighted by Gasteiger charge is 2.17. The molecule has 4 nitrogen and oxygen atoms in total. The van der Waals surface area contributed by atoms with Crippen molar-refractivity contribution in [1.29, 1.82) is 0 Å². The third-order valence-corrected chi connectivity index (χ3v) is 3.07. The zero-order chi connectivity index (χ0) is 10.3. The second-order valence-corrected chi connectivity index (χ2v) is 4.01. The van der Waals surface area contributed by atoms with Gasteiger partial charge in [-0.2, -0.15) is 0 Å². The number of aromatic amines is 1.